The van der Waals surface area contributed by atoms with Gasteiger partial charge in [-0.25, -0.2) is 4.98 Å². The molecule has 1 aliphatic rings. The smallest absolute Gasteiger partial charge is 0.246 e. The van der Waals surface area contributed by atoms with E-state index in [4.69, 9.17) is 4.42 Å². The molecular weight excluding hydrogens is 386 g/mol. The molecule has 1 aromatic carbocycles. The fourth-order valence-corrected chi connectivity index (χ4v) is 2.72. The van der Waals surface area contributed by atoms with E-state index < -0.39 is 0 Å². The molecule has 130 valence electrons. The maximum Gasteiger partial charge on any atom is 0.246 e. The van der Waals surface area contributed by atoms with E-state index in [1.165, 1.54) is 6.08 Å². The summed E-state index contributed by atoms with van der Waals surface area (Å²) in [7, 11) is 3.87. The number of carbonyl (C=O) groups excluding carboxylic acids is 2. The Morgan fingerprint density at radius 3 is 2.72 bits per heavy atom. The van der Waals surface area contributed by atoms with Crippen LogP contribution in [0, 0.1) is 6.92 Å². The van der Waals surface area contributed by atoms with E-state index in [-0.39, 0.29) is 34.6 Å². The van der Waals surface area contributed by atoms with E-state index in [0.29, 0.717) is 6.54 Å². The van der Waals surface area contributed by atoms with Crippen molar-refractivity contribution in [3.8, 4) is 11.5 Å². The number of aromatic nitrogens is 1. The van der Waals surface area contributed by atoms with Crippen LogP contribution in [0.15, 0.2) is 38.9 Å². The number of fused-ring (bicyclic) bond motifs is 1. The highest BCUT2D eigenvalue weighted by molar-refractivity contribution is 9.10. The van der Waals surface area contributed by atoms with Gasteiger partial charge in [-0.1, -0.05) is 15.9 Å². The van der Waals surface area contributed by atoms with Gasteiger partial charge in [-0.3, -0.25) is 9.59 Å². The number of hydrogen-bond donors (Lipinski definition) is 1. The number of nitrogens with zero attached hydrogens (tertiary/aromatic N) is 2. The summed E-state index contributed by atoms with van der Waals surface area (Å²) in [6.45, 7) is 3.24. The molecule has 1 aliphatic carbocycles. The number of hydrogen-bond acceptors (Lipinski definition) is 6. The summed E-state index contributed by atoms with van der Waals surface area (Å²) >= 11 is 3.44. The molecule has 0 amide bonds. The summed E-state index contributed by atoms with van der Waals surface area (Å²) in [5, 5.41) is 2.99. The second-order valence-corrected chi connectivity index (χ2v) is 7.00. The molecule has 0 aliphatic heterocycles. The first-order chi connectivity index (χ1) is 11.9. The first-order valence-electron chi connectivity index (χ1n) is 7.83. The molecule has 2 aromatic rings. The number of halogens is 1. The Kier molecular flexibility index (Phi) is 4.87. The number of Topliss-reactive ketones (excluding diaryl/α,β-unsaturated/α-hetero) is 1. The van der Waals surface area contributed by atoms with E-state index in [9.17, 15) is 9.59 Å². The highest BCUT2D eigenvalue weighted by Gasteiger charge is 2.32. The van der Waals surface area contributed by atoms with Crippen molar-refractivity contribution in [1.29, 1.82) is 0 Å². The Bertz CT molecular complexity index is 884. The van der Waals surface area contributed by atoms with E-state index in [0.717, 1.165) is 22.1 Å². The highest BCUT2D eigenvalue weighted by atomic mass is 79.9. The van der Waals surface area contributed by atoms with E-state index in [1.54, 1.807) is 0 Å². The minimum Gasteiger partial charge on any atom is -0.432 e. The molecule has 0 saturated heterocycles. The van der Waals surface area contributed by atoms with Gasteiger partial charge in [0.1, 0.15) is 0 Å². The van der Waals surface area contributed by atoms with Crippen molar-refractivity contribution >= 4 is 27.5 Å². The van der Waals surface area contributed by atoms with Crippen molar-refractivity contribution in [1.82, 2.24) is 15.2 Å². The molecule has 0 fully saturated rings. The number of carbonyl (C=O) groups is 2. The number of likely N-dealkylation sites (N-methyl/N-ethyl adjacent to an activating group) is 1. The van der Waals surface area contributed by atoms with E-state index >= 15 is 0 Å². The number of aryl methyl sites for hydroxylation is 1. The second-order valence-electron chi connectivity index (χ2n) is 6.14. The Morgan fingerprint density at radius 2 is 2.04 bits per heavy atom. The first kappa shape index (κ1) is 17.6. The largest absolute Gasteiger partial charge is 0.432 e. The monoisotopic (exact) mass is 403 g/mol. The predicted molar refractivity (Wildman–Crippen MR) is 97.7 cm³/mol. The SMILES string of the molecule is Cc1cc(-c2nc3c(o2)C(=O)C(NCCN(C)C)=CC3=O)ccc1Br. The van der Waals surface area contributed by atoms with Gasteiger partial charge < -0.3 is 14.6 Å². The van der Waals surface area contributed by atoms with Crippen LogP contribution >= 0.6 is 15.9 Å². The summed E-state index contributed by atoms with van der Waals surface area (Å²) in [4.78, 5) is 31.1. The summed E-state index contributed by atoms with van der Waals surface area (Å²) in [5.74, 6) is -0.410. The molecule has 0 saturated carbocycles. The molecule has 0 radical (unpaired) electrons. The molecule has 25 heavy (non-hydrogen) atoms. The lowest BCUT2D eigenvalue weighted by Gasteiger charge is -2.14. The van der Waals surface area contributed by atoms with Crippen LogP contribution in [0.1, 0.15) is 26.6 Å². The molecule has 1 heterocycles. The second kappa shape index (κ2) is 6.93. The third-order valence-corrected chi connectivity index (χ3v) is 4.76. The van der Waals surface area contributed by atoms with Crippen molar-refractivity contribution in [2.45, 2.75) is 6.92 Å². The summed E-state index contributed by atoms with van der Waals surface area (Å²) in [6.07, 6.45) is 1.29. The Morgan fingerprint density at radius 1 is 1.28 bits per heavy atom. The van der Waals surface area contributed by atoms with Crippen LogP contribution in [0.4, 0.5) is 0 Å². The van der Waals surface area contributed by atoms with E-state index in [1.807, 2.05) is 44.1 Å². The van der Waals surface area contributed by atoms with Gasteiger partial charge in [0.2, 0.25) is 23.2 Å². The molecule has 1 aromatic heterocycles. The predicted octanol–water partition coefficient (Wildman–Crippen LogP) is 2.83. The summed E-state index contributed by atoms with van der Waals surface area (Å²) in [5.41, 5.74) is 2.04. The molecule has 3 rings (SSSR count). The van der Waals surface area contributed by atoms with Crippen LogP contribution in [-0.4, -0.2) is 48.6 Å². The summed E-state index contributed by atoms with van der Waals surface area (Å²) < 4.78 is 6.61. The van der Waals surface area contributed by atoms with Crippen LogP contribution in [0.3, 0.4) is 0 Å². The number of nitrogens with one attached hydrogen (secondary N) is 1. The van der Waals surface area contributed by atoms with Gasteiger partial charge in [0.25, 0.3) is 0 Å². The number of allylic oxidation sites excluding steroid dienone is 2. The third-order valence-electron chi connectivity index (χ3n) is 3.87. The molecule has 7 heteroatoms. The minimum absolute atomic E-state index is 0.00424. The average Bonchev–Trinajstić information content (AvgIpc) is 3.00. The lowest BCUT2D eigenvalue weighted by molar-refractivity contribution is 0.0956. The standard InChI is InChI=1S/C18H18BrN3O3/c1-10-8-11(4-5-12(10)19)18-21-15-14(23)9-13(16(24)17(15)25-18)20-6-7-22(2)3/h4-5,8-9,20H,6-7H2,1-3H3. The lowest BCUT2D eigenvalue weighted by Crippen LogP contribution is -2.31. The van der Waals surface area contributed by atoms with Crippen LogP contribution in [0.25, 0.3) is 11.5 Å². The number of ketones is 2. The fraction of sp³-hybridized carbons (Fsp3) is 0.278. The maximum atomic E-state index is 12.6. The third kappa shape index (κ3) is 3.57. The first-order valence-corrected chi connectivity index (χ1v) is 8.63. The zero-order valence-electron chi connectivity index (χ0n) is 14.2. The Labute approximate surface area is 154 Å². The quantitative estimate of drug-likeness (QED) is 0.826. The van der Waals surface area contributed by atoms with Crippen molar-refractivity contribution in [2.24, 2.45) is 0 Å². The topological polar surface area (TPSA) is 75.4 Å². The van der Waals surface area contributed by atoms with Gasteiger partial charge in [-0.15, -0.1) is 0 Å². The van der Waals surface area contributed by atoms with Crippen molar-refractivity contribution in [2.75, 3.05) is 27.2 Å². The molecule has 0 atom stereocenters. The number of oxazole rings is 1. The van der Waals surface area contributed by atoms with Gasteiger partial charge >= 0.3 is 0 Å². The molecule has 0 spiro atoms. The summed E-state index contributed by atoms with van der Waals surface area (Å²) in [6, 6.07) is 5.59. The van der Waals surface area contributed by atoms with Crippen molar-refractivity contribution < 1.29 is 14.0 Å². The zero-order chi connectivity index (χ0) is 18.1. The minimum atomic E-state index is -0.346. The average molecular weight is 404 g/mol. The highest BCUT2D eigenvalue weighted by Crippen LogP contribution is 2.29. The normalized spacial score (nSPS) is 13.9. The molecule has 0 unspecified atom stereocenters. The zero-order valence-corrected chi connectivity index (χ0v) is 15.8. The van der Waals surface area contributed by atoms with Gasteiger partial charge in [0, 0.05) is 29.2 Å². The van der Waals surface area contributed by atoms with E-state index in [2.05, 4.69) is 26.2 Å². The van der Waals surface area contributed by atoms with Crippen LogP contribution in [0.2, 0.25) is 0 Å². The fourth-order valence-electron chi connectivity index (χ4n) is 2.48. The van der Waals surface area contributed by atoms with Gasteiger partial charge in [0.15, 0.2) is 5.69 Å². The lowest BCUT2D eigenvalue weighted by atomic mass is 10.0. The number of rotatable bonds is 5. The van der Waals surface area contributed by atoms with Gasteiger partial charge in [-0.2, -0.15) is 0 Å². The maximum absolute atomic E-state index is 12.6. The van der Waals surface area contributed by atoms with Gasteiger partial charge in [-0.05, 0) is 44.8 Å². The molecule has 1 N–H and O–H groups in total. The molecular formula is C18H18BrN3O3. The number of benzene rings is 1. The van der Waals surface area contributed by atoms with Crippen LogP contribution in [0.5, 0.6) is 0 Å². The molecule has 6 nitrogen and oxygen atoms in total. The van der Waals surface area contributed by atoms with Crippen LogP contribution < -0.4 is 5.32 Å². The Balaban J connectivity index is 1.88. The van der Waals surface area contributed by atoms with Gasteiger partial charge in [0.05, 0.1) is 5.70 Å². The molecule has 0 bridgehead atoms. The van der Waals surface area contributed by atoms with Crippen LogP contribution in [-0.2, 0) is 0 Å². The van der Waals surface area contributed by atoms with Crippen molar-refractivity contribution in [3.63, 3.8) is 0 Å². The van der Waals surface area contributed by atoms with Crippen molar-refractivity contribution in [3.05, 3.63) is 51.5 Å². The Hall–Kier alpha value is -2.25.